The summed E-state index contributed by atoms with van der Waals surface area (Å²) in [5.41, 5.74) is 1.14. The molecule has 1 fully saturated rings. The lowest BCUT2D eigenvalue weighted by Gasteiger charge is -2.37. The summed E-state index contributed by atoms with van der Waals surface area (Å²) in [5.74, 6) is 0. The van der Waals surface area contributed by atoms with Crippen molar-refractivity contribution >= 4 is 0 Å². The quantitative estimate of drug-likeness (QED) is 0.615. The highest BCUT2D eigenvalue weighted by molar-refractivity contribution is 5.18. The molecule has 0 saturated carbocycles. The summed E-state index contributed by atoms with van der Waals surface area (Å²) < 4.78 is 0. The molecule has 0 N–H and O–H groups in total. The Morgan fingerprint density at radius 2 is 2.29 bits per heavy atom. The van der Waals surface area contributed by atoms with E-state index in [-0.39, 0.29) is 0 Å². The molecule has 0 bridgehead atoms. The van der Waals surface area contributed by atoms with E-state index in [9.17, 15) is 0 Å². The zero-order chi connectivity index (χ0) is 10.4. The van der Waals surface area contributed by atoms with Crippen molar-refractivity contribution in [2.75, 3.05) is 6.54 Å². The zero-order valence-corrected chi connectivity index (χ0v) is 9.21. The third-order valence-corrected chi connectivity index (χ3v) is 2.89. The van der Waals surface area contributed by atoms with E-state index in [2.05, 4.69) is 31.1 Å². The summed E-state index contributed by atoms with van der Waals surface area (Å²) in [6.45, 7) is 11.2. The van der Waals surface area contributed by atoms with Gasteiger partial charge in [-0.15, -0.1) is 0 Å². The molecule has 0 aromatic rings. The van der Waals surface area contributed by atoms with Gasteiger partial charge in [-0.05, 0) is 31.8 Å². The lowest BCUT2D eigenvalue weighted by molar-refractivity contribution is 0.196. The van der Waals surface area contributed by atoms with Crippen molar-refractivity contribution in [3.63, 3.8) is 0 Å². The average Bonchev–Trinajstić information content (AvgIpc) is 2.25. The predicted molar refractivity (Wildman–Crippen MR) is 63.1 cm³/mol. The zero-order valence-electron chi connectivity index (χ0n) is 9.21. The molecule has 1 heteroatoms. The van der Waals surface area contributed by atoms with Gasteiger partial charge in [-0.1, -0.05) is 32.2 Å². The van der Waals surface area contributed by atoms with Crippen LogP contribution in [0.3, 0.4) is 0 Å². The molecule has 0 radical (unpaired) electrons. The number of piperidine rings is 1. The van der Waals surface area contributed by atoms with Gasteiger partial charge in [0, 0.05) is 18.3 Å². The van der Waals surface area contributed by atoms with Crippen LogP contribution in [0.1, 0.15) is 32.6 Å². The molecule has 1 atom stereocenters. The van der Waals surface area contributed by atoms with E-state index in [4.69, 9.17) is 0 Å². The number of rotatable bonds is 4. The minimum absolute atomic E-state index is 0.700. The molecule has 0 aromatic carbocycles. The van der Waals surface area contributed by atoms with Gasteiger partial charge in [-0.3, -0.25) is 0 Å². The Morgan fingerprint density at radius 3 is 2.93 bits per heavy atom. The van der Waals surface area contributed by atoms with Crippen molar-refractivity contribution in [3.8, 4) is 0 Å². The second-order valence-corrected chi connectivity index (χ2v) is 3.84. The van der Waals surface area contributed by atoms with E-state index < -0.39 is 0 Å². The number of hydrogen-bond donors (Lipinski definition) is 0. The molecule has 78 valence electrons. The summed E-state index contributed by atoms with van der Waals surface area (Å²) in [5, 5.41) is 0. The minimum Gasteiger partial charge on any atom is -0.369 e. The number of nitrogens with zero attached hydrogens (tertiary/aromatic N) is 1. The molecular weight excluding hydrogens is 170 g/mol. The van der Waals surface area contributed by atoms with Crippen LogP contribution in [0.15, 0.2) is 37.1 Å². The van der Waals surface area contributed by atoms with E-state index in [1.165, 1.54) is 32.2 Å². The Morgan fingerprint density at radius 1 is 1.50 bits per heavy atom. The van der Waals surface area contributed by atoms with Gasteiger partial charge in [-0.25, -0.2) is 0 Å². The van der Waals surface area contributed by atoms with Crippen LogP contribution in [-0.2, 0) is 0 Å². The van der Waals surface area contributed by atoms with Gasteiger partial charge < -0.3 is 4.90 Å². The third kappa shape index (κ3) is 2.76. The van der Waals surface area contributed by atoms with Crippen LogP contribution in [0.4, 0.5) is 0 Å². The Bertz CT molecular complexity index is 227. The first-order valence-electron chi connectivity index (χ1n) is 5.54. The van der Waals surface area contributed by atoms with Gasteiger partial charge in [0.1, 0.15) is 0 Å². The Kier molecular flexibility index (Phi) is 4.51. The van der Waals surface area contributed by atoms with Crippen LogP contribution >= 0.6 is 0 Å². The molecule has 1 rings (SSSR count). The molecular formula is C13H21N. The number of likely N-dealkylation sites (tertiary alicyclic amines) is 1. The third-order valence-electron chi connectivity index (χ3n) is 2.89. The van der Waals surface area contributed by atoms with Crippen molar-refractivity contribution in [3.05, 3.63) is 37.1 Å². The molecule has 0 spiro atoms. The maximum atomic E-state index is 4.11. The van der Waals surface area contributed by atoms with E-state index in [1.54, 1.807) is 6.08 Å². The van der Waals surface area contributed by atoms with Gasteiger partial charge in [0.15, 0.2) is 0 Å². The minimum atomic E-state index is 0.700. The maximum Gasteiger partial charge on any atom is 0.0295 e. The molecule has 14 heavy (non-hydrogen) atoms. The topological polar surface area (TPSA) is 3.24 Å². The van der Waals surface area contributed by atoms with Crippen molar-refractivity contribution < 1.29 is 0 Å². The normalized spacial score (nSPS) is 22.6. The molecule has 0 aromatic heterocycles. The van der Waals surface area contributed by atoms with Crippen molar-refractivity contribution in [2.45, 2.75) is 38.6 Å². The fourth-order valence-electron chi connectivity index (χ4n) is 2.08. The van der Waals surface area contributed by atoms with Gasteiger partial charge in [0.25, 0.3) is 0 Å². The van der Waals surface area contributed by atoms with E-state index >= 15 is 0 Å². The number of hydrogen-bond acceptors (Lipinski definition) is 1. The summed E-state index contributed by atoms with van der Waals surface area (Å²) in [7, 11) is 0. The maximum absolute atomic E-state index is 4.11. The summed E-state index contributed by atoms with van der Waals surface area (Å²) in [6.07, 6.45) is 11.0. The second-order valence-electron chi connectivity index (χ2n) is 3.84. The smallest absolute Gasteiger partial charge is 0.0295 e. The fourth-order valence-corrected chi connectivity index (χ4v) is 2.08. The first kappa shape index (κ1) is 11.1. The highest BCUT2D eigenvalue weighted by Crippen LogP contribution is 2.23. The van der Waals surface area contributed by atoms with Crippen LogP contribution in [0.5, 0.6) is 0 Å². The standard InChI is InChI=1S/C13H21N/c1-4-6-9-12(3)14-11-8-7-10-13(14)5-2/h4,6,9,13H,1,3,5,7-8,10-11H2,2H3/b9-6-. The van der Waals surface area contributed by atoms with Gasteiger partial charge in [0.05, 0.1) is 0 Å². The van der Waals surface area contributed by atoms with E-state index in [0.717, 1.165) is 5.70 Å². The van der Waals surface area contributed by atoms with Crippen LogP contribution in [0.25, 0.3) is 0 Å². The molecule has 1 aliphatic rings. The molecule has 1 heterocycles. The predicted octanol–water partition coefficient (Wildman–Crippen LogP) is 3.51. The largest absolute Gasteiger partial charge is 0.369 e. The van der Waals surface area contributed by atoms with Crippen LogP contribution < -0.4 is 0 Å². The summed E-state index contributed by atoms with van der Waals surface area (Å²) in [6, 6.07) is 0.700. The van der Waals surface area contributed by atoms with Crippen LogP contribution in [0.2, 0.25) is 0 Å². The molecule has 1 saturated heterocycles. The molecule has 0 amide bonds. The Hall–Kier alpha value is -0.980. The summed E-state index contributed by atoms with van der Waals surface area (Å²) >= 11 is 0. The van der Waals surface area contributed by atoms with Crippen molar-refractivity contribution in [2.24, 2.45) is 0 Å². The average molecular weight is 191 g/mol. The molecule has 1 nitrogen and oxygen atoms in total. The molecule has 1 unspecified atom stereocenters. The highest BCUT2D eigenvalue weighted by atomic mass is 15.2. The monoisotopic (exact) mass is 191 g/mol. The van der Waals surface area contributed by atoms with Gasteiger partial charge in [-0.2, -0.15) is 0 Å². The lowest BCUT2D eigenvalue weighted by Crippen LogP contribution is -2.37. The fraction of sp³-hybridized carbons (Fsp3) is 0.538. The summed E-state index contributed by atoms with van der Waals surface area (Å²) in [4.78, 5) is 2.43. The van der Waals surface area contributed by atoms with Crippen molar-refractivity contribution in [1.82, 2.24) is 4.90 Å². The highest BCUT2D eigenvalue weighted by Gasteiger charge is 2.20. The first-order chi connectivity index (χ1) is 6.79. The first-order valence-corrected chi connectivity index (χ1v) is 5.54. The SMILES string of the molecule is C=C/C=C\C(=C)N1CCCCC1CC. The van der Waals surface area contributed by atoms with E-state index in [1.807, 2.05) is 6.08 Å². The lowest BCUT2D eigenvalue weighted by atomic mass is 9.99. The second kappa shape index (κ2) is 5.69. The van der Waals surface area contributed by atoms with Gasteiger partial charge >= 0.3 is 0 Å². The van der Waals surface area contributed by atoms with Gasteiger partial charge in [0.2, 0.25) is 0 Å². The van der Waals surface area contributed by atoms with Crippen molar-refractivity contribution in [1.29, 1.82) is 0 Å². The number of allylic oxidation sites excluding steroid dienone is 3. The van der Waals surface area contributed by atoms with Crippen LogP contribution in [0, 0.1) is 0 Å². The van der Waals surface area contributed by atoms with E-state index in [0.29, 0.717) is 6.04 Å². The molecule has 1 aliphatic heterocycles. The van der Waals surface area contributed by atoms with Crippen LogP contribution in [-0.4, -0.2) is 17.5 Å². The Labute approximate surface area is 87.8 Å². The molecule has 0 aliphatic carbocycles. The Balaban J connectivity index is 2.58.